The third kappa shape index (κ3) is 4.01. The number of carbonyl (C=O) groups is 1. The fraction of sp³-hybridized carbons (Fsp3) is 0.526. The standard InChI is InChI=1S/C19H25BrO2/c1-19(2,3)15-7-5-6-14(12-15)17(18(21)22-4)13-8-10-16(20)11-9-13/h8-12,14,17H,5-7H2,1-4H3/t14-,17-/m0/s1. The monoisotopic (exact) mass is 364 g/mol. The van der Waals surface area contributed by atoms with Gasteiger partial charge in [-0.25, -0.2) is 0 Å². The highest BCUT2D eigenvalue weighted by atomic mass is 79.9. The van der Waals surface area contributed by atoms with Crippen LogP contribution in [0.25, 0.3) is 0 Å². The molecule has 0 aliphatic heterocycles. The van der Waals surface area contributed by atoms with Crippen LogP contribution in [-0.2, 0) is 9.53 Å². The van der Waals surface area contributed by atoms with Crippen molar-refractivity contribution in [2.75, 3.05) is 7.11 Å². The summed E-state index contributed by atoms with van der Waals surface area (Å²) in [6, 6.07) is 8.01. The molecule has 2 atom stereocenters. The molecule has 0 radical (unpaired) electrons. The van der Waals surface area contributed by atoms with Crippen LogP contribution in [0.3, 0.4) is 0 Å². The first-order valence-corrected chi connectivity index (χ1v) is 8.66. The summed E-state index contributed by atoms with van der Waals surface area (Å²) in [5, 5.41) is 0. The molecule has 1 aromatic carbocycles. The molecular formula is C19H25BrO2. The fourth-order valence-electron chi connectivity index (χ4n) is 3.20. The van der Waals surface area contributed by atoms with Crippen molar-refractivity contribution in [2.24, 2.45) is 11.3 Å². The first-order chi connectivity index (χ1) is 10.3. The molecule has 1 aliphatic rings. The summed E-state index contributed by atoms with van der Waals surface area (Å²) in [5.41, 5.74) is 2.65. The molecule has 0 unspecified atom stereocenters. The maximum Gasteiger partial charge on any atom is 0.313 e. The molecule has 0 saturated carbocycles. The van der Waals surface area contributed by atoms with Crippen LogP contribution in [0, 0.1) is 11.3 Å². The lowest BCUT2D eigenvalue weighted by atomic mass is 9.73. The van der Waals surface area contributed by atoms with Crippen molar-refractivity contribution in [3.05, 3.63) is 46.0 Å². The molecule has 0 N–H and O–H groups in total. The Hall–Kier alpha value is -1.09. The smallest absolute Gasteiger partial charge is 0.313 e. The van der Waals surface area contributed by atoms with Gasteiger partial charge in [-0.2, -0.15) is 0 Å². The van der Waals surface area contributed by atoms with Crippen LogP contribution in [-0.4, -0.2) is 13.1 Å². The van der Waals surface area contributed by atoms with Gasteiger partial charge >= 0.3 is 5.97 Å². The fourth-order valence-corrected chi connectivity index (χ4v) is 3.46. The van der Waals surface area contributed by atoms with E-state index in [0.29, 0.717) is 0 Å². The average Bonchev–Trinajstić information content (AvgIpc) is 2.49. The van der Waals surface area contributed by atoms with E-state index >= 15 is 0 Å². The largest absolute Gasteiger partial charge is 0.469 e. The minimum absolute atomic E-state index is 0.140. The topological polar surface area (TPSA) is 26.3 Å². The Bertz CT molecular complexity index is 552. The van der Waals surface area contributed by atoms with E-state index < -0.39 is 0 Å². The number of esters is 1. The van der Waals surface area contributed by atoms with E-state index in [1.807, 2.05) is 24.3 Å². The lowest BCUT2D eigenvalue weighted by Gasteiger charge is -2.32. The molecule has 0 amide bonds. The molecule has 0 bridgehead atoms. The summed E-state index contributed by atoms with van der Waals surface area (Å²) in [7, 11) is 1.48. The molecule has 22 heavy (non-hydrogen) atoms. The molecule has 3 heteroatoms. The highest BCUT2D eigenvalue weighted by Crippen LogP contribution is 2.40. The number of hydrogen-bond donors (Lipinski definition) is 0. The second kappa shape index (κ2) is 6.99. The van der Waals surface area contributed by atoms with E-state index in [-0.39, 0.29) is 23.2 Å². The molecule has 2 nitrogen and oxygen atoms in total. The van der Waals surface area contributed by atoms with Crippen molar-refractivity contribution in [3.63, 3.8) is 0 Å². The summed E-state index contributed by atoms with van der Waals surface area (Å²) in [6.07, 6.45) is 5.63. The van der Waals surface area contributed by atoms with Crippen LogP contribution >= 0.6 is 15.9 Å². The minimum Gasteiger partial charge on any atom is -0.469 e. The van der Waals surface area contributed by atoms with Crippen LogP contribution in [0.4, 0.5) is 0 Å². The second-order valence-electron chi connectivity index (χ2n) is 7.05. The second-order valence-corrected chi connectivity index (χ2v) is 7.97. The average molecular weight is 365 g/mol. The number of ether oxygens (including phenoxy) is 1. The Morgan fingerprint density at radius 3 is 2.45 bits per heavy atom. The molecule has 2 rings (SSSR count). The zero-order valence-electron chi connectivity index (χ0n) is 13.9. The van der Waals surface area contributed by atoms with E-state index in [2.05, 4.69) is 42.8 Å². The number of methoxy groups -OCH3 is 1. The van der Waals surface area contributed by atoms with Crippen molar-refractivity contribution in [1.82, 2.24) is 0 Å². The number of allylic oxidation sites excluding steroid dienone is 2. The maximum absolute atomic E-state index is 12.4. The van der Waals surface area contributed by atoms with Gasteiger partial charge in [0.05, 0.1) is 13.0 Å². The molecular weight excluding hydrogens is 340 g/mol. The molecule has 1 aromatic rings. The Kier molecular flexibility index (Phi) is 5.49. The van der Waals surface area contributed by atoms with Gasteiger partial charge in [-0.05, 0) is 48.3 Å². The quantitative estimate of drug-likeness (QED) is 0.524. The number of hydrogen-bond acceptors (Lipinski definition) is 2. The number of carbonyl (C=O) groups excluding carboxylic acids is 1. The highest BCUT2D eigenvalue weighted by Gasteiger charge is 2.33. The Balaban J connectivity index is 2.37. The third-order valence-electron chi connectivity index (χ3n) is 4.47. The lowest BCUT2D eigenvalue weighted by molar-refractivity contribution is -0.143. The van der Waals surface area contributed by atoms with E-state index in [1.165, 1.54) is 12.7 Å². The van der Waals surface area contributed by atoms with Crippen LogP contribution in [0.5, 0.6) is 0 Å². The summed E-state index contributed by atoms with van der Waals surface area (Å²) >= 11 is 3.45. The first-order valence-electron chi connectivity index (χ1n) is 7.87. The molecule has 0 saturated heterocycles. The zero-order chi connectivity index (χ0) is 16.3. The Labute approximate surface area is 142 Å². The van der Waals surface area contributed by atoms with Crippen LogP contribution in [0.2, 0.25) is 0 Å². The molecule has 0 aromatic heterocycles. The van der Waals surface area contributed by atoms with E-state index in [4.69, 9.17) is 4.74 Å². The predicted molar refractivity (Wildman–Crippen MR) is 93.8 cm³/mol. The van der Waals surface area contributed by atoms with Crippen molar-refractivity contribution in [2.45, 2.75) is 46.0 Å². The van der Waals surface area contributed by atoms with Gasteiger partial charge in [0.1, 0.15) is 0 Å². The predicted octanol–water partition coefficient (Wildman–Crippen LogP) is 5.48. The molecule has 0 fully saturated rings. The van der Waals surface area contributed by atoms with Gasteiger partial charge < -0.3 is 4.74 Å². The van der Waals surface area contributed by atoms with Crippen molar-refractivity contribution < 1.29 is 9.53 Å². The molecule has 120 valence electrons. The lowest BCUT2D eigenvalue weighted by Crippen LogP contribution is -2.25. The Morgan fingerprint density at radius 2 is 1.91 bits per heavy atom. The van der Waals surface area contributed by atoms with E-state index in [1.54, 1.807) is 0 Å². The number of rotatable bonds is 3. The number of halogens is 1. The van der Waals surface area contributed by atoms with Gasteiger partial charge in [-0.3, -0.25) is 4.79 Å². The van der Waals surface area contributed by atoms with Crippen LogP contribution in [0.15, 0.2) is 40.4 Å². The van der Waals surface area contributed by atoms with Crippen molar-refractivity contribution in [1.29, 1.82) is 0 Å². The SMILES string of the molecule is COC(=O)[C@@H](c1ccc(Br)cc1)[C@@H]1C=C(C(C)(C)C)CCC1. The van der Waals surface area contributed by atoms with Gasteiger partial charge in [0.2, 0.25) is 0 Å². The van der Waals surface area contributed by atoms with E-state index in [0.717, 1.165) is 29.3 Å². The molecule has 0 heterocycles. The Morgan fingerprint density at radius 1 is 1.27 bits per heavy atom. The summed E-state index contributed by atoms with van der Waals surface area (Å²) in [6.45, 7) is 6.73. The summed E-state index contributed by atoms with van der Waals surface area (Å²) < 4.78 is 6.11. The van der Waals surface area contributed by atoms with Gasteiger partial charge in [0, 0.05) is 4.47 Å². The minimum atomic E-state index is -0.212. The van der Waals surface area contributed by atoms with Gasteiger partial charge in [-0.1, -0.05) is 60.5 Å². The zero-order valence-corrected chi connectivity index (χ0v) is 15.4. The van der Waals surface area contributed by atoms with Crippen LogP contribution < -0.4 is 0 Å². The molecule has 1 aliphatic carbocycles. The highest BCUT2D eigenvalue weighted by molar-refractivity contribution is 9.10. The summed E-state index contributed by atoms with van der Waals surface area (Å²) in [4.78, 5) is 12.4. The summed E-state index contributed by atoms with van der Waals surface area (Å²) in [5.74, 6) is -0.133. The van der Waals surface area contributed by atoms with Gasteiger partial charge in [-0.15, -0.1) is 0 Å². The van der Waals surface area contributed by atoms with Crippen LogP contribution in [0.1, 0.15) is 51.5 Å². The normalized spacial score (nSPS) is 20.2. The van der Waals surface area contributed by atoms with Gasteiger partial charge in [0.25, 0.3) is 0 Å². The third-order valence-corrected chi connectivity index (χ3v) is 5.00. The number of benzene rings is 1. The van der Waals surface area contributed by atoms with Crippen molar-refractivity contribution in [3.8, 4) is 0 Å². The van der Waals surface area contributed by atoms with Gasteiger partial charge in [0.15, 0.2) is 0 Å². The molecule has 0 spiro atoms. The van der Waals surface area contributed by atoms with E-state index in [9.17, 15) is 4.79 Å². The van der Waals surface area contributed by atoms with Crippen molar-refractivity contribution >= 4 is 21.9 Å². The first kappa shape index (κ1) is 17.3. The maximum atomic E-state index is 12.4.